The zero-order valence-corrected chi connectivity index (χ0v) is 17.5. The highest BCUT2D eigenvalue weighted by Crippen LogP contribution is 2.18. The lowest BCUT2D eigenvalue weighted by atomic mass is 9.96. The minimum Gasteiger partial charge on any atom is -0.444 e. The Balaban J connectivity index is 2.44. The number of nitrogens with zero attached hydrogens (tertiary/aromatic N) is 3. The highest BCUT2D eigenvalue weighted by Gasteiger charge is 2.19. The Morgan fingerprint density at radius 1 is 1.19 bits per heavy atom. The molecule has 0 radical (unpaired) electrons. The number of carbonyl (C=O) groups is 1. The third-order valence-corrected chi connectivity index (χ3v) is 4.31. The molecule has 1 rings (SSSR count). The number of nitrogens with one attached hydrogen (secondary N) is 1. The first-order valence-electron chi connectivity index (χ1n) is 9.74. The van der Waals surface area contributed by atoms with Crippen molar-refractivity contribution >= 4 is 12.1 Å². The lowest BCUT2D eigenvalue weighted by Gasteiger charge is -2.27. The van der Waals surface area contributed by atoms with E-state index in [0.717, 1.165) is 57.4 Å². The summed E-state index contributed by atoms with van der Waals surface area (Å²) in [6.45, 7) is 12.3. The van der Waals surface area contributed by atoms with Crippen LogP contribution in [-0.4, -0.2) is 80.9 Å². The average molecular weight is 371 g/mol. The monoisotopic (exact) mass is 370 g/mol. The average Bonchev–Trinajstić information content (AvgIpc) is 2.58. The quantitative estimate of drug-likeness (QED) is 0.551. The summed E-state index contributed by atoms with van der Waals surface area (Å²) in [5.41, 5.74) is -0.478. The molecule has 7 nitrogen and oxygen atoms in total. The van der Waals surface area contributed by atoms with Gasteiger partial charge in [-0.3, -0.25) is 4.99 Å². The van der Waals surface area contributed by atoms with Crippen LogP contribution >= 0.6 is 0 Å². The molecule has 0 aliphatic carbocycles. The number of rotatable bonds is 7. The van der Waals surface area contributed by atoms with Gasteiger partial charge in [-0.05, 0) is 52.9 Å². The third-order valence-electron chi connectivity index (χ3n) is 4.31. The molecular formula is C19H38N4O3. The van der Waals surface area contributed by atoms with Gasteiger partial charge in [0, 0.05) is 46.9 Å². The van der Waals surface area contributed by atoms with Crippen molar-refractivity contribution in [3.05, 3.63) is 0 Å². The van der Waals surface area contributed by atoms with E-state index in [0.29, 0.717) is 13.1 Å². The van der Waals surface area contributed by atoms with Crippen molar-refractivity contribution in [1.29, 1.82) is 0 Å². The van der Waals surface area contributed by atoms with Crippen LogP contribution in [0.25, 0.3) is 0 Å². The van der Waals surface area contributed by atoms with Crippen LogP contribution in [0, 0.1) is 5.92 Å². The van der Waals surface area contributed by atoms with Gasteiger partial charge < -0.3 is 24.6 Å². The zero-order valence-electron chi connectivity index (χ0n) is 17.5. The normalized spacial score (nSPS) is 16.3. The molecule has 0 aromatic rings. The van der Waals surface area contributed by atoms with Crippen LogP contribution in [0.2, 0.25) is 0 Å². The summed E-state index contributed by atoms with van der Waals surface area (Å²) in [6, 6.07) is 0. The standard InChI is InChI=1S/C19H38N4O3/c1-7-20-17(22(5)12-8-16-9-14-25-15-10-16)21-11-13-23(6)18(24)26-19(2,3)4/h16H,7-15H2,1-6H3,(H,20,21). The maximum absolute atomic E-state index is 12.0. The number of guanidine groups is 1. The topological polar surface area (TPSA) is 66.4 Å². The predicted molar refractivity (Wildman–Crippen MR) is 106 cm³/mol. The molecule has 1 aliphatic rings. The van der Waals surface area contributed by atoms with Crippen molar-refractivity contribution in [1.82, 2.24) is 15.1 Å². The smallest absolute Gasteiger partial charge is 0.410 e. The van der Waals surface area contributed by atoms with Crippen LogP contribution in [0.3, 0.4) is 0 Å². The number of aliphatic imine (C=N–C) groups is 1. The van der Waals surface area contributed by atoms with Gasteiger partial charge in [-0.15, -0.1) is 0 Å². The van der Waals surface area contributed by atoms with Crippen LogP contribution in [0.15, 0.2) is 4.99 Å². The fourth-order valence-electron chi connectivity index (χ4n) is 2.72. The van der Waals surface area contributed by atoms with Gasteiger partial charge in [0.1, 0.15) is 5.60 Å². The number of hydrogen-bond acceptors (Lipinski definition) is 4. The summed E-state index contributed by atoms with van der Waals surface area (Å²) < 4.78 is 10.8. The Labute approximate surface area is 159 Å². The first-order chi connectivity index (χ1) is 12.2. The van der Waals surface area contributed by atoms with Gasteiger partial charge in [-0.1, -0.05) is 0 Å². The van der Waals surface area contributed by atoms with Crippen molar-refractivity contribution in [2.24, 2.45) is 10.9 Å². The second kappa shape index (κ2) is 11.3. The van der Waals surface area contributed by atoms with Crippen molar-refractivity contribution in [3.63, 3.8) is 0 Å². The molecule has 7 heteroatoms. The molecule has 0 spiro atoms. The molecule has 1 amide bonds. The third kappa shape index (κ3) is 9.27. The fourth-order valence-corrected chi connectivity index (χ4v) is 2.72. The molecule has 0 unspecified atom stereocenters. The van der Waals surface area contributed by atoms with Crippen molar-refractivity contribution in [2.45, 2.75) is 52.6 Å². The summed E-state index contributed by atoms with van der Waals surface area (Å²) in [4.78, 5) is 20.4. The minimum absolute atomic E-state index is 0.314. The predicted octanol–water partition coefficient (Wildman–Crippen LogP) is 2.57. The van der Waals surface area contributed by atoms with Gasteiger partial charge in [0.05, 0.1) is 6.54 Å². The Morgan fingerprint density at radius 2 is 1.85 bits per heavy atom. The summed E-state index contributed by atoms with van der Waals surface area (Å²) in [5.74, 6) is 1.63. The van der Waals surface area contributed by atoms with E-state index in [1.807, 2.05) is 20.8 Å². The minimum atomic E-state index is -0.478. The van der Waals surface area contributed by atoms with Gasteiger partial charge in [-0.25, -0.2) is 4.79 Å². The number of carbonyl (C=O) groups excluding carboxylic acids is 1. The number of likely N-dealkylation sites (N-methyl/N-ethyl adjacent to an activating group) is 1. The largest absolute Gasteiger partial charge is 0.444 e. The molecule has 0 atom stereocenters. The fraction of sp³-hybridized carbons (Fsp3) is 0.895. The van der Waals surface area contributed by atoms with E-state index in [9.17, 15) is 4.79 Å². The van der Waals surface area contributed by atoms with Gasteiger partial charge >= 0.3 is 6.09 Å². The maximum Gasteiger partial charge on any atom is 0.410 e. The van der Waals surface area contributed by atoms with Crippen molar-refractivity contribution in [2.75, 3.05) is 53.5 Å². The first-order valence-corrected chi connectivity index (χ1v) is 9.74. The van der Waals surface area contributed by atoms with Crippen LogP contribution in [0.1, 0.15) is 47.0 Å². The summed E-state index contributed by atoms with van der Waals surface area (Å²) in [7, 11) is 3.81. The molecular weight excluding hydrogens is 332 g/mol. The van der Waals surface area contributed by atoms with Gasteiger partial charge in [0.25, 0.3) is 0 Å². The molecule has 26 heavy (non-hydrogen) atoms. The lowest BCUT2D eigenvalue weighted by molar-refractivity contribution is 0.0304. The van der Waals surface area contributed by atoms with E-state index >= 15 is 0 Å². The Hall–Kier alpha value is -1.50. The van der Waals surface area contributed by atoms with Gasteiger partial charge in [0.15, 0.2) is 5.96 Å². The van der Waals surface area contributed by atoms with E-state index in [1.54, 1.807) is 11.9 Å². The molecule has 0 saturated carbocycles. The molecule has 1 fully saturated rings. The number of ether oxygens (including phenoxy) is 2. The molecule has 0 bridgehead atoms. The van der Waals surface area contributed by atoms with E-state index < -0.39 is 5.60 Å². The van der Waals surface area contributed by atoms with Crippen LogP contribution in [0.4, 0.5) is 4.79 Å². The summed E-state index contributed by atoms with van der Waals surface area (Å²) in [5, 5.41) is 3.33. The second-order valence-electron chi connectivity index (χ2n) is 7.90. The van der Waals surface area contributed by atoms with E-state index in [4.69, 9.17) is 9.47 Å². The highest BCUT2D eigenvalue weighted by molar-refractivity contribution is 5.79. The Bertz CT molecular complexity index is 443. The lowest BCUT2D eigenvalue weighted by Crippen LogP contribution is -2.41. The molecule has 1 N–H and O–H groups in total. The molecule has 0 aromatic heterocycles. The van der Waals surface area contributed by atoms with Crippen molar-refractivity contribution in [3.8, 4) is 0 Å². The zero-order chi connectivity index (χ0) is 19.6. The van der Waals surface area contributed by atoms with Crippen LogP contribution in [-0.2, 0) is 9.47 Å². The summed E-state index contributed by atoms with van der Waals surface area (Å²) >= 11 is 0. The Kier molecular flexibility index (Phi) is 9.76. The molecule has 1 aliphatic heterocycles. The number of hydrogen-bond donors (Lipinski definition) is 1. The SMILES string of the molecule is CCNC(=NCCN(C)C(=O)OC(C)(C)C)N(C)CCC1CCOCC1. The van der Waals surface area contributed by atoms with E-state index in [2.05, 4.69) is 29.2 Å². The van der Waals surface area contributed by atoms with E-state index in [1.165, 1.54) is 0 Å². The Morgan fingerprint density at radius 3 is 2.42 bits per heavy atom. The number of amides is 1. The van der Waals surface area contributed by atoms with Crippen LogP contribution < -0.4 is 5.32 Å². The molecule has 0 aromatic carbocycles. The molecule has 152 valence electrons. The highest BCUT2D eigenvalue weighted by atomic mass is 16.6. The van der Waals surface area contributed by atoms with Gasteiger partial charge in [-0.2, -0.15) is 0 Å². The van der Waals surface area contributed by atoms with Crippen molar-refractivity contribution < 1.29 is 14.3 Å². The summed E-state index contributed by atoms with van der Waals surface area (Å²) in [6.07, 6.45) is 3.15. The molecule has 1 heterocycles. The maximum atomic E-state index is 12.0. The van der Waals surface area contributed by atoms with Gasteiger partial charge in [0.2, 0.25) is 0 Å². The molecule has 1 saturated heterocycles. The second-order valence-corrected chi connectivity index (χ2v) is 7.90. The van der Waals surface area contributed by atoms with E-state index in [-0.39, 0.29) is 6.09 Å². The van der Waals surface area contributed by atoms with Crippen LogP contribution in [0.5, 0.6) is 0 Å². The first kappa shape index (κ1) is 22.5.